The summed E-state index contributed by atoms with van der Waals surface area (Å²) in [6, 6.07) is 0. The van der Waals surface area contributed by atoms with E-state index in [1.807, 2.05) is 19.0 Å². The van der Waals surface area contributed by atoms with Gasteiger partial charge in [0.2, 0.25) is 18.2 Å². The van der Waals surface area contributed by atoms with Gasteiger partial charge in [0, 0.05) is 39.3 Å². The first-order chi connectivity index (χ1) is 9.02. The molecule has 1 heterocycles. The zero-order valence-electron chi connectivity index (χ0n) is 11.6. The number of piperazine rings is 1. The molecule has 0 aromatic rings. The van der Waals surface area contributed by atoms with Crippen LogP contribution in [0.1, 0.15) is 6.42 Å². The molecule has 7 nitrogen and oxygen atoms in total. The van der Waals surface area contributed by atoms with E-state index in [-0.39, 0.29) is 18.2 Å². The normalized spacial score (nSPS) is 15.5. The van der Waals surface area contributed by atoms with Crippen molar-refractivity contribution in [1.29, 1.82) is 0 Å². The van der Waals surface area contributed by atoms with Crippen LogP contribution in [0.2, 0.25) is 0 Å². The van der Waals surface area contributed by atoms with E-state index >= 15 is 0 Å². The molecule has 1 N–H and O–H groups in total. The van der Waals surface area contributed by atoms with Gasteiger partial charge in [0.15, 0.2) is 0 Å². The molecule has 0 aromatic carbocycles. The summed E-state index contributed by atoms with van der Waals surface area (Å²) in [4.78, 5) is 39.2. The molecule has 0 radical (unpaired) electrons. The third kappa shape index (κ3) is 5.69. The Morgan fingerprint density at radius 3 is 2.37 bits per heavy atom. The summed E-state index contributed by atoms with van der Waals surface area (Å²) in [7, 11) is 3.84. The Balaban J connectivity index is 2.23. The van der Waals surface area contributed by atoms with Crippen LogP contribution in [0.4, 0.5) is 0 Å². The Labute approximate surface area is 113 Å². The Morgan fingerprint density at radius 2 is 1.84 bits per heavy atom. The topological polar surface area (TPSA) is 73.0 Å². The molecule has 0 spiro atoms. The molecule has 1 aliphatic heterocycles. The highest BCUT2D eigenvalue weighted by atomic mass is 16.2. The van der Waals surface area contributed by atoms with Crippen LogP contribution >= 0.6 is 0 Å². The number of rotatable bonds is 6. The molecule has 7 heteroatoms. The van der Waals surface area contributed by atoms with Gasteiger partial charge in [-0.05, 0) is 14.1 Å². The molecule has 1 rings (SSSR count). The summed E-state index contributed by atoms with van der Waals surface area (Å²) in [5.41, 5.74) is 0. The molecular formula is C12H22N4O3. The van der Waals surface area contributed by atoms with Gasteiger partial charge in [-0.15, -0.1) is 0 Å². The average Bonchev–Trinajstić information content (AvgIpc) is 2.38. The number of hydrogen-bond donors (Lipinski definition) is 1. The molecule has 19 heavy (non-hydrogen) atoms. The maximum Gasteiger partial charge on any atom is 0.232 e. The maximum atomic E-state index is 11.8. The van der Waals surface area contributed by atoms with E-state index in [0.29, 0.717) is 32.7 Å². The summed E-state index contributed by atoms with van der Waals surface area (Å²) in [6.45, 7) is 3.37. The summed E-state index contributed by atoms with van der Waals surface area (Å²) in [5, 5.41) is 2.71. The van der Waals surface area contributed by atoms with Crippen LogP contribution in [0, 0.1) is 0 Å². The highest BCUT2D eigenvalue weighted by Crippen LogP contribution is 2.02. The fourth-order valence-electron chi connectivity index (χ4n) is 1.81. The molecule has 1 aliphatic rings. The Kier molecular flexibility index (Phi) is 6.27. The Morgan fingerprint density at radius 1 is 1.21 bits per heavy atom. The van der Waals surface area contributed by atoms with Gasteiger partial charge in [0.05, 0.1) is 0 Å². The summed E-state index contributed by atoms with van der Waals surface area (Å²) in [6.07, 6.45) is 0.671. The quantitative estimate of drug-likeness (QED) is 0.464. The number of amides is 3. The molecule has 1 saturated heterocycles. The first kappa shape index (κ1) is 15.4. The predicted molar refractivity (Wildman–Crippen MR) is 70.4 cm³/mol. The van der Waals surface area contributed by atoms with Gasteiger partial charge in [0.25, 0.3) is 0 Å². The molecule has 0 bridgehead atoms. The number of nitrogens with one attached hydrogen (secondary N) is 1. The Bertz CT molecular complexity index is 325. The van der Waals surface area contributed by atoms with Crippen molar-refractivity contribution in [1.82, 2.24) is 20.0 Å². The van der Waals surface area contributed by atoms with Crippen molar-refractivity contribution in [2.75, 3.05) is 53.4 Å². The number of nitrogens with zero attached hydrogens (tertiary/aromatic N) is 3. The molecular weight excluding hydrogens is 248 g/mol. The third-order valence-electron chi connectivity index (χ3n) is 3.01. The van der Waals surface area contributed by atoms with Crippen LogP contribution in [-0.2, 0) is 14.4 Å². The standard InChI is InChI=1S/C12H22N4O3/c1-14(2)4-3-13-11(18)9-12(19)16-7-5-15(10-17)6-8-16/h10H,3-9H2,1-2H3,(H,13,18). The maximum absolute atomic E-state index is 11.8. The molecule has 0 aromatic heterocycles. The van der Waals surface area contributed by atoms with Gasteiger partial charge >= 0.3 is 0 Å². The predicted octanol–water partition coefficient (Wildman–Crippen LogP) is -1.65. The van der Waals surface area contributed by atoms with Gasteiger partial charge in [-0.3, -0.25) is 14.4 Å². The van der Waals surface area contributed by atoms with E-state index < -0.39 is 0 Å². The first-order valence-electron chi connectivity index (χ1n) is 6.41. The minimum absolute atomic E-state index is 0.117. The second-order valence-electron chi connectivity index (χ2n) is 4.85. The van der Waals surface area contributed by atoms with Crippen LogP contribution in [0.15, 0.2) is 0 Å². The number of likely N-dealkylation sites (N-methyl/N-ethyl adjacent to an activating group) is 1. The van der Waals surface area contributed by atoms with Crippen molar-refractivity contribution < 1.29 is 14.4 Å². The second-order valence-corrected chi connectivity index (χ2v) is 4.85. The number of carbonyl (C=O) groups is 3. The van der Waals surface area contributed by atoms with Crippen molar-refractivity contribution >= 4 is 18.2 Å². The average molecular weight is 270 g/mol. The van der Waals surface area contributed by atoms with E-state index in [2.05, 4.69) is 5.32 Å². The lowest BCUT2D eigenvalue weighted by atomic mass is 10.3. The minimum atomic E-state index is -0.246. The second kappa shape index (κ2) is 7.73. The van der Waals surface area contributed by atoms with Crippen molar-refractivity contribution in [2.24, 2.45) is 0 Å². The van der Waals surface area contributed by atoms with Gasteiger partial charge in [-0.25, -0.2) is 0 Å². The largest absolute Gasteiger partial charge is 0.354 e. The van der Waals surface area contributed by atoms with E-state index in [0.717, 1.165) is 13.0 Å². The molecule has 3 amide bonds. The Hall–Kier alpha value is -1.63. The zero-order valence-corrected chi connectivity index (χ0v) is 11.6. The highest BCUT2D eigenvalue weighted by Gasteiger charge is 2.21. The van der Waals surface area contributed by atoms with E-state index in [4.69, 9.17) is 0 Å². The van der Waals surface area contributed by atoms with E-state index in [1.54, 1.807) is 9.80 Å². The first-order valence-corrected chi connectivity index (χ1v) is 6.41. The zero-order chi connectivity index (χ0) is 14.3. The number of carbonyl (C=O) groups excluding carboxylic acids is 3. The fraction of sp³-hybridized carbons (Fsp3) is 0.750. The molecule has 0 atom stereocenters. The van der Waals surface area contributed by atoms with E-state index in [9.17, 15) is 14.4 Å². The van der Waals surface area contributed by atoms with Crippen LogP contribution in [0.5, 0.6) is 0 Å². The lowest BCUT2D eigenvalue weighted by Crippen LogP contribution is -2.49. The van der Waals surface area contributed by atoms with Gasteiger partial charge in [0.1, 0.15) is 6.42 Å². The van der Waals surface area contributed by atoms with Crippen LogP contribution in [0.3, 0.4) is 0 Å². The van der Waals surface area contributed by atoms with Crippen molar-refractivity contribution in [2.45, 2.75) is 6.42 Å². The third-order valence-corrected chi connectivity index (χ3v) is 3.01. The van der Waals surface area contributed by atoms with Crippen LogP contribution < -0.4 is 5.32 Å². The summed E-state index contributed by atoms with van der Waals surface area (Å²) in [5.74, 6) is -0.419. The monoisotopic (exact) mass is 270 g/mol. The van der Waals surface area contributed by atoms with Crippen LogP contribution in [0.25, 0.3) is 0 Å². The van der Waals surface area contributed by atoms with Crippen LogP contribution in [-0.4, -0.2) is 86.3 Å². The van der Waals surface area contributed by atoms with Gasteiger partial charge in [-0.2, -0.15) is 0 Å². The van der Waals surface area contributed by atoms with Gasteiger partial charge in [-0.1, -0.05) is 0 Å². The molecule has 0 saturated carbocycles. The SMILES string of the molecule is CN(C)CCNC(=O)CC(=O)N1CCN(C=O)CC1. The van der Waals surface area contributed by atoms with E-state index in [1.165, 1.54) is 0 Å². The number of hydrogen-bond acceptors (Lipinski definition) is 4. The molecule has 0 aliphatic carbocycles. The van der Waals surface area contributed by atoms with Crippen molar-refractivity contribution in [3.05, 3.63) is 0 Å². The lowest BCUT2D eigenvalue weighted by Gasteiger charge is -2.32. The van der Waals surface area contributed by atoms with Crippen molar-refractivity contribution in [3.63, 3.8) is 0 Å². The molecule has 108 valence electrons. The lowest BCUT2D eigenvalue weighted by molar-refractivity contribution is -0.138. The van der Waals surface area contributed by atoms with Crippen molar-refractivity contribution in [3.8, 4) is 0 Å². The van der Waals surface area contributed by atoms with Gasteiger partial charge < -0.3 is 20.0 Å². The molecule has 0 unspecified atom stereocenters. The molecule has 1 fully saturated rings. The smallest absolute Gasteiger partial charge is 0.232 e. The fourth-order valence-corrected chi connectivity index (χ4v) is 1.81. The summed E-state index contributed by atoms with van der Waals surface area (Å²) < 4.78 is 0. The highest BCUT2D eigenvalue weighted by molar-refractivity contribution is 5.96. The summed E-state index contributed by atoms with van der Waals surface area (Å²) >= 11 is 0. The minimum Gasteiger partial charge on any atom is -0.354 e.